The molecule has 6 heteroatoms. The molecule has 0 aliphatic heterocycles. The number of carbonyl (C=O) groups is 1. The highest BCUT2D eigenvalue weighted by atomic mass is 19.1. The second-order valence-electron chi connectivity index (χ2n) is 3.75. The van der Waals surface area contributed by atoms with Crippen molar-refractivity contribution in [3.8, 4) is 5.75 Å². The SMILES string of the molecule is COc1cc(NC(=O)c2ccc(=O)[nH]c2)ccc1F. The lowest BCUT2D eigenvalue weighted by Crippen LogP contribution is -2.14. The maximum absolute atomic E-state index is 13.2. The van der Waals surface area contributed by atoms with Gasteiger partial charge in [0.25, 0.3) is 5.91 Å². The summed E-state index contributed by atoms with van der Waals surface area (Å²) in [4.78, 5) is 25.1. The molecule has 0 unspecified atom stereocenters. The number of carbonyl (C=O) groups excluding carboxylic acids is 1. The van der Waals surface area contributed by atoms with Crippen LogP contribution in [0, 0.1) is 5.82 Å². The van der Waals surface area contributed by atoms with E-state index < -0.39 is 11.7 Å². The van der Waals surface area contributed by atoms with E-state index in [1.165, 1.54) is 43.6 Å². The number of rotatable bonds is 3. The van der Waals surface area contributed by atoms with E-state index in [1.807, 2.05) is 0 Å². The quantitative estimate of drug-likeness (QED) is 0.885. The fourth-order valence-electron chi connectivity index (χ4n) is 1.49. The smallest absolute Gasteiger partial charge is 0.257 e. The van der Waals surface area contributed by atoms with E-state index in [2.05, 4.69) is 10.3 Å². The second kappa shape index (κ2) is 5.34. The zero-order valence-corrected chi connectivity index (χ0v) is 10.1. The zero-order chi connectivity index (χ0) is 13.8. The molecule has 0 radical (unpaired) electrons. The monoisotopic (exact) mass is 262 g/mol. The molecule has 0 spiro atoms. The Hall–Kier alpha value is -2.63. The summed E-state index contributed by atoms with van der Waals surface area (Å²) in [5.41, 5.74) is 0.400. The Labute approximate surface area is 108 Å². The second-order valence-corrected chi connectivity index (χ2v) is 3.75. The molecule has 0 saturated heterocycles. The van der Waals surface area contributed by atoms with Crippen molar-refractivity contribution in [2.75, 3.05) is 12.4 Å². The van der Waals surface area contributed by atoms with Crippen molar-refractivity contribution >= 4 is 11.6 Å². The molecule has 5 nitrogen and oxygen atoms in total. The van der Waals surface area contributed by atoms with Crippen molar-refractivity contribution in [3.63, 3.8) is 0 Å². The molecule has 0 bridgehead atoms. The number of benzene rings is 1. The molecule has 1 heterocycles. The van der Waals surface area contributed by atoms with E-state index in [0.29, 0.717) is 11.3 Å². The summed E-state index contributed by atoms with van der Waals surface area (Å²) >= 11 is 0. The molecule has 0 aliphatic rings. The van der Waals surface area contributed by atoms with Crippen LogP contribution in [0.4, 0.5) is 10.1 Å². The Kier molecular flexibility index (Phi) is 3.61. The fourth-order valence-corrected chi connectivity index (χ4v) is 1.49. The van der Waals surface area contributed by atoms with Crippen LogP contribution in [0.15, 0.2) is 41.3 Å². The van der Waals surface area contributed by atoms with Gasteiger partial charge in [-0.2, -0.15) is 0 Å². The van der Waals surface area contributed by atoms with Crippen molar-refractivity contribution < 1.29 is 13.9 Å². The molecule has 0 fully saturated rings. The van der Waals surface area contributed by atoms with Gasteiger partial charge in [0.1, 0.15) is 0 Å². The van der Waals surface area contributed by atoms with Gasteiger partial charge in [-0.1, -0.05) is 0 Å². The minimum atomic E-state index is -0.510. The Balaban J connectivity index is 2.19. The van der Waals surface area contributed by atoms with Crippen LogP contribution in [0.3, 0.4) is 0 Å². The van der Waals surface area contributed by atoms with Crippen molar-refractivity contribution in [1.29, 1.82) is 0 Å². The maximum atomic E-state index is 13.2. The molecule has 2 rings (SSSR count). The minimum absolute atomic E-state index is 0.0410. The molecule has 0 atom stereocenters. The average Bonchev–Trinajstić information content (AvgIpc) is 2.41. The summed E-state index contributed by atoms with van der Waals surface area (Å²) in [5.74, 6) is -0.881. The largest absolute Gasteiger partial charge is 0.494 e. The number of aromatic amines is 1. The highest BCUT2D eigenvalue weighted by Crippen LogP contribution is 2.21. The van der Waals surface area contributed by atoms with Crippen LogP contribution < -0.4 is 15.6 Å². The average molecular weight is 262 g/mol. The predicted molar refractivity (Wildman–Crippen MR) is 68.0 cm³/mol. The number of methoxy groups -OCH3 is 1. The van der Waals surface area contributed by atoms with Crippen molar-refractivity contribution in [2.24, 2.45) is 0 Å². The number of halogens is 1. The number of nitrogens with one attached hydrogen (secondary N) is 2. The van der Waals surface area contributed by atoms with Crippen molar-refractivity contribution in [2.45, 2.75) is 0 Å². The lowest BCUT2D eigenvalue weighted by atomic mass is 10.2. The van der Waals surface area contributed by atoms with Crippen molar-refractivity contribution in [1.82, 2.24) is 4.98 Å². The van der Waals surface area contributed by atoms with E-state index in [4.69, 9.17) is 4.74 Å². The molecular weight excluding hydrogens is 251 g/mol. The van der Waals surface area contributed by atoms with Gasteiger partial charge in [-0.25, -0.2) is 4.39 Å². The molecule has 2 N–H and O–H groups in total. The highest BCUT2D eigenvalue weighted by molar-refractivity contribution is 6.04. The molecule has 1 aromatic carbocycles. The first kappa shape index (κ1) is 12.8. The first-order chi connectivity index (χ1) is 9.10. The van der Waals surface area contributed by atoms with Crippen LogP contribution in [-0.4, -0.2) is 18.0 Å². The summed E-state index contributed by atoms with van der Waals surface area (Å²) in [6, 6.07) is 6.64. The molecule has 1 amide bonds. The normalized spacial score (nSPS) is 10.0. The van der Waals surface area contributed by atoms with E-state index in [-0.39, 0.29) is 11.3 Å². The fraction of sp³-hybridized carbons (Fsp3) is 0.0769. The van der Waals surface area contributed by atoms with Crippen LogP contribution in [-0.2, 0) is 0 Å². The summed E-state index contributed by atoms with van der Waals surface area (Å²) in [6.07, 6.45) is 1.30. The number of pyridine rings is 1. The lowest BCUT2D eigenvalue weighted by molar-refractivity contribution is 0.102. The van der Waals surface area contributed by atoms with Crippen LogP contribution in [0.1, 0.15) is 10.4 Å². The predicted octanol–water partition coefficient (Wildman–Crippen LogP) is 1.77. The summed E-state index contributed by atoms with van der Waals surface area (Å²) in [5, 5.41) is 2.57. The van der Waals surface area contributed by atoms with Gasteiger partial charge in [-0.3, -0.25) is 9.59 Å². The van der Waals surface area contributed by atoms with Gasteiger partial charge in [0, 0.05) is 24.0 Å². The van der Waals surface area contributed by atoms with Gasteiger partial charge in [0.15, 0.2) is 11.6 Å². The summed E-state index contributed by atoms with van der Waals surface area (Å²) in [7, 11) is 1.34. The maximum Gasteiger partial charge on any atom is 0.257 e. The number of ether oxygens (including phenoxy) is 1. The molecule has 98 valence electrons. The van der Waals surface area contributed by atoms with Gasteiger partial charge >= 0.3 is 0 Å². The van der Waals surface area contributed by atoms with Crippen LogP contribution in [0.2, 0.25) is 0 Å². The zero-order valence-electron chi connectivity index (χ0n) is 10.1. The van der Waals surface area contributed by atoms with Crippen molar-refractivity contribution in [3.05, 3.63) is 58.3 Å². The number of amides is 1. The van der Waals surface area contributed by atoms with Gasteiger partial charge in [-0.15, -0.1) is 0 Å². The van der Waals surface area contributed by atoms with E-state index >= 15 is 0 Å². The number of hydrogen-bond donors (Lipinski definition) is 2. The van der Waals surface area contributed by atoms with Crippen LogP contribution in [0.5, 0.6) is 5.75 Å². The third kappa shape index (κ3) is 2.98. The van der Waals surface area contributed by atoms with Crippen LogP contribution >= 0.6 is 0 Å². The summed E-state index contributed by atoms with van der Waals surface area (Å²) in [6.45, 7) is 0. The highest BCUT2D eigenvalue weighted by Gasteiger charge is 2.08. The molecule has 0 aliphatic carbocycles. The van der Waals surface area contributed by atoms with E-state index in [0.717, 1.165) is 0 Å². The first-order valence-corrected chi connectivity index (χ1v) is 5.44. The molecule has 19 heavy (non-hydrogen) atoms. The number of hydrogen-bond acceptors (Lipinski definition) is 3. The third-order valence-corrected chi connectivity index (χ3v) is 2.46. The minimum Gasteiger partial charge on any atom is -0.494 e. The Morgan fingerprint density at radius 2 is 2.11 bits per heavy atom. The van der Waals surface area contributed by atoms with E-state index in [1.54, 1.807) is 0 Å². The lowest BCUT2D eigenvalue weighted by Gasteiger charge is -2.07. The molecule has 2 aromatic rings. The molecular formula is C13H11FN2O3. The Morgan fingerprint density at radius 3 is 2.74 bits per heavy atom. The first-order valence-electron chi connectivity index (χ1n) is 5.44. The van der Waals surface area contributed by atoms with Gasteiger partial charge in [0.2, 0.25) is 5.56 Å². The number of anilines is 1. The molecule has 1 aromatic heterocycles. The van der Waals surface area contributed by atoms with Gasteiger partial charge in [0.05, 0.1) is 12.7 Å². The van der Waals surface area contributed by atoms with Gasteiger partial charge < -0.3 is 15.0 Å². The third-order valence-electron chi connectivity index (χ3n) is 2.46. The summed E-state index contributed by atoms with van der Waals surface area (Å²) < 4.78 is 18.0. The topological polar surface area (TPSA) is 71.2 Å². The number of H-pyrrole nitrogens is 1. The number of aromatic nitrogens is 1. The standard InChI is InChI=1S/C13H11FN2O3/c1-19-11-6-9(3-4-10(11)14)16-13(18)8-2-5-12(17)15-7-8/h2-7H,1H3,(H,15,17)(H,16,18). The van der Waals surface area contributed by atoms with Crippen LogP contribution in [0.25, 0.3) is 0 Å². The van der Waals surface area contributed by atoms with E-state index in [9.17, 15) is 14.0 Å². The Bertz CT molecular complexity index is 647. The molecule has 0 saturated carbocycles. The Morgan fingerprint density at radius 1 is 1.32 bits per heavy atom. The van der Waals surface area contributed by atoms with Gasteiger partial charge in [-0.05, 0) is 18.2 Å².